The van der Waals surface area contributed by atoms with E-state index in [1.165, 1.54) is 20.9 Å². The summed E-state index contributed by atoms with van der Waals surface area (Å²) in [5, 5.41) is 0. The van der Waals surface area contributed by atoms with Gasteiger partial charge >= 0.3 is 0 Å². The number of fused-ring (bicyclic) bond motifs is 3. The van der Waals surface area contributed by atoms with E-state index in [0.29, 0.717) is 0 Å². The molecule has 3 rings (SSSR count). The Morgan fingerprint density at radius 2 is 1.00 bits per heavy atom. The molecule has 2 aromatic rings. The molecule has 0 N–H and O–H groups in total. The second-order valence-electron chi connectivity index (χ2n) is 3.30. The minimum absolute atomic E-state index is 1.35. The van der Waals surface area contributed by atoms with Crippen LogP contribution < -0.4 is 0 Å². The molecule has 2 aromatic carbocycles. The van der Waals surface area contributed by atoms with Crippen LogP contribution in [-0.4, -0.2) is 0 Å². The van der Waals surface area contributed by atoms with Crippen LogP contribution in [0.2, 0.25) is 0 Å². The molecule has 0 spiro atoms. The molecule has 0 saturated heterocycles. The quantitative estimate of drug-likeness (QED) is 0.562. The van der Waals surface area contributed by atoms with E-state index in [9.17, 15) is 0 Å². The summed E-state index contributed by atoms with van der Waals surface area (Å²) in [5.41, 5.74) is 2.70. The molecule has 0 radical (unpaired) electrons. The van der Waals surface area contributed by atoms with Gasteiger partial charge in [-0.05, 0) is 64.5 Å². The summed E-state index contributed by atoms with van der Waals surface area (Å²) in [5.74, 6) is 0. The van der Waals surface area contributed by atoms with Gasteiger partial charge in [-0.2, -0.15) is 0 Å². The van der Waals surface area contributed by atoms with Gasteiger partial charge in [0.05, 0.1) is 0 Å². The Labute approximate surface area is 110 Å². The first-order chi connectivity index (χ1) is 7.95. The Bertz CT molecular complexity index is 462. The molecule has 4 heteroatoms. The Morgan fingerprint density at radius 1 is 0.562 bits per heavy atom. The first kappa shape index (κ1) is 11.0. The van der Waals surface area contributed by atoms with E-state index in [4.69, 9.17) is 0 Å². The topological polar surface area (TPSA) is 0 Å². The first-order valence-corrected chi connectivity index (χ1v) is 9.63. The summed E-state index contributed by atoms with van der Waals surface area (Å²) in [6.07, 6.45) is 0. The van der Waals surface area contributed by atoms with Crippen LogP contribution in [0.5, 0.6) is 0 Å². The van der Waals surface area contributed by atoms with Crippen LogP contribution >= 0.6 is 41.2 Å². The average Bonchev–Trinajstić information content (AvgIpc) is 2.33. The molecule has 0 nitrogen and oxygen atoms in total. The predicted molar refractivity (Wildman–Crippen MR) is 78.8 cm³/mol. The minimum Gasteiger partial charge on any atom is -0.0616 e. The van der Waals surface area contributed by atoms with Gasteiger partial charge < -0.3 is 0 Å². The molecule has 80 valence electrons. The molecule has 16 heavy (non-hydrogen) atoms. The van der Waals surface area contributed by atoms with Crippen LogP contribution in [0.25, 0.3) is 11.1 Å². The van der Waals surface area contributed by atoms with Gasteiger partial charge in [0, 0.05) is 9.79 Å². The highest BCUT2D eigenvalue weighted by Gasteiger charge is 2.13. The monoisotopic (exact) mass is 280 g/mol. The fourth-order valence-corrected chi connectivity index (χ4v) is 7.43. The fraction of sp³-hybridized carbons (Fsp3) is 0. The Hall–Kier alpha value is -0.160. The molecule has 0 aliphatic carbocycles. The van der Waals surface area contributed by atoms with Crippen LogP contribution in [0, 0.1) is 0 Å². The van der Waals surface area contributed by atoms with Crippen LogP contribution in [0.3, 0.4) is 0 Å². The van der Waals surface area contributed by atoms with E-state index >= 15 is 0 Å². The largest absolute Gasteiger partial charge is 0.0616 e. The van der Waals surface area contributed by atoms with Crippen molar-refractivity contribution in [1.82, 2.24) is 0 Å². The van der Waals surface area contributed by atoms with Crippen molar-refractivity contribution in [3.63, 3.8) is 0 Å². The lowest BCUT2D eigenvalue weighted by molar-refractivity contribution is 1.39. The number of hydrogen-bond acceptors (Lipinski definition) is 4. The lowest BCUT2D eigenvalue weighted by Crippen LogP contribution is -1.84. The first-order valence-electron chi connectivity index (χ1n) is 4.81. The van der Waals surface area contributed by atoms with Crippen LogP contribution in [-0.2, 0) is 0 Å². The van der Waals surface area contributed by atoms with Crippen molar-refractivity contribution in [2.45, 2.75) is 9.79 Å². The summed E-state index contributed by atoms with van der Waals surface area (Å²) in [6, 6.07) is 17.2. The summed E-state index contributed by atoms with van der Waals surface area (Å²) in [4.78, 5) is 2.71. The molecule has 1 aliphatic heterocycles. The molecule has 0 amide bonds. The van der Waals surface area contributed by atoms with Crippen molar-refractivity contribution in [2.24, 2.45) is 0 Å². The maximum Gasteiger partial charge on any atom is 0.0270 e. The van der Waals surface area contributed by atoms with Crippen LogP contribution in [0.1, 0.15) is 0 Å². The highest BCUT2D eigenvalue weighted by molar-refractivity contribution is 9.26. The maximum absolute atomic E-state index is 2.21. The van der Waals surface area contributed by atoms with Crippen LogP contribution in [0.4, 0.5) is 0 Å². The van der Waals surface area contributed by atoms with Gasteiger partial charge in [0.1, 0.15) is 0 Å². The molecular weight excluding hydrogens is 272 g/mol. The van der Waals surface area contributed by atoms with Crippen molar-refractivity contribution < 1.29 is 0 Å². The number of benzene rings is 2. The van der Waals surface area contributed by atoms with E-state index in [-0.39, 0.29) is 0 Å². The summed E-state index contributed by atoms with van der Waals surface area (Å²) >= 11 is 0. The fourth-order valence-electron chi connectivity index (χ4n) is 1.62. The number of hydrogen-bond donors (Lipinski definition) is 0. The molecule has 0 saturated carbocycles. The molecule has 0 bridgehead atoms. The summed E-state index contributed by atoms with van der Waals surface area (Å²) in [7, 11) is 7.35. The summed E-state index contributed by atoms with van der Waals surface area (Å²) in [6.45, 7) is 0. The smallest absolute Gasteiger partial charge is 0.0270 e. The van der Waals surface area contributed by atoms with Crippen molar-refractivity contribution in [3.05, 3.63) is 48.5 Å². The second kappa shape index (κ2) is 5.00. The zero-order valence-electron chi connectivity index (χ0n) is 8.25. The zero-order chi connectivity index (χ0) is 10.8. The number of rotatable bonds is 0. The van der Waals surface area contributed by atoms with Gasteiger partial charge in [-0.25, -0.2) is 0 Å². The van der Waals surface area contributed by atoms with Crippen molar-refractivity contribution >= 4 is 41.2 Å². The van der Waals surface area contributed by atoms with Crippen molar-refractivity contribution in [1.29, 1.82) is 0 Å². The zero-order valence-corrected chi connectivity index (χ0v) is 11.5. The average molecular weight is 280 g/mol. The Balaban J connectivity index is 2.22. The molecule has 0 unspecified atom stereocenters. The Kier molecular flexibility index (Phi) is 3.43. The maximum atomic E-state index is 2.21. The molecule has 0 atom stereocenters. The van der Waals surface area contributed by atoms with E-state index in [2.05, 4.69) is 48.5 Å². The van der Waals surface area contributed by atoms with E-state index in [0.717, 1.165) is 0 Å². The van der Waals surface area contributed by atoms with Gasteiger partial charge in [0.25, 0.3) is 0 Å². The van der Waals surface area contributed by atoms with Gasteiger partial charge in [-0.1, -0.05) is 36.4 Å². The predicted octanol–water partition coefficient (Wildman–Crippen LogP) is 5.76. The van der Waals surface area contributed by atoms with Crippen LogP contribution in [0.15, 0.2) is 58.3 Å². The van der Waals surface area contributed by atoms with E-state index in [1.54, 1.807) is 0 Å². The molecule has 0 aromatic heterocycles. The van der Waals surface area contributed by atoms with Crippen molar-refractivity contribution in [3.8, 4) is 11.1 Å². The SMILES string of the molecule is c1ccc2c(c1)SSSSc1ccccc1-2. The third kappa shape index (κ3) is 2.12. The lowest BCUT2D eigenvalue weighted by atomic mass is 10.1. The molecule has 1 aliphatic rings. The van der Waals surface area contributed by atoms with E-state index < -0.39 is 0 Å². The third-order valence-electron chi connectivity index (χ3n) is 2.34. The second-order valence-corrected chi connectivity index (χ2v) is 9.05. The Morgan fingerprint density at radius 3 is 1.50 bits per heavy atom. The van der Waals surface area contributed by atoms with Gasteiger partial charge in [0.2, 0.25) is 0 Å². The summed E-state index contributed by atoms with van der Waals surface area (Å²) < 4.78 is 0. The van der Waals surface area contributed by atoms with Gasteiger partial charge in [-0.3, -0.25) is 0 Å². The van der Waals surface area contributed by atoms with E-state index in [1.807, 2.05) is 41.2 Å². The highest BCUT2D eigenvalue weighted by atomic mass is 33.7. The lowest BCUT2D eigenvalue weighted by Gasteiger charge is -2.14. The molecule has 0 fully saturated rings. The highest BCUT2D eigenvalue weighted by Crippen LogP contribution is 2.55. The van der Waals surface area contributed by atoms with Gasteiger partial charge in [-0.15, -0.1) is 0 Å². The van der Waals surface area contributed by atoms with Crippen molar-refractivity contribution in [2.75, 3.05) is 0 Å². The molecule has 1 heterocycles. The van der Waals surface area contributed by atoms with Gasteiger partial charge in [0.15, 0.2) is 0 Å². The third-order valence-corrected chi connectivity index (χ3v) is 8.48. The normalized spacial score (nSPS) is 14.5. The standard InChI is InChI=1S/C12H8S4/c1-3-7-11-9(5-1)10-6-2-4-8-12(10)14-16-15-13-11/h1-8H. The minimum atomic E-state index is 1.35. The molecular formula is C12H8S4.